The highest BCUT2D eigenvalue weighted by Crippen LogP contribution is 2.28. The van der Waals surface area contributed by atoms with Gasteiger partial charge in [0.15, 0.2) is 0 Å². The number of carbonyl (C=O) groups excluding carboxylic acids is 1. The molecule has 0 saturated heterocycles. The third kappa shape index (κ3) is 4.56. The molecule has 2 rings (SSSR count). The molecule has 1 amide bonds. The summed E-state index contributed by atoms with van der Waals surface area (Å²) in [6.45, 7) is 3.62. The average Bonchev–Trinajstić information content (AvgIpc) is 2.54. The fourth-order valence-corrected chi connectivity index (χ4v) is 2.07. The van der Waals surface area contributed by atoms with Crippen molar-refractivity contribution >= 4 is 12.1 Å². The summed E-state index contributed by atoms with van der Waals surface area (Å²) in [6.07, 6.45) is -1.63. The van der Waals surface area contributed by atoms with E-state index in [2.05, 4.69) is 10.5 Å². The molecule has 0 aliphatic rings. The largest absolute Gasteiger partial charge is 0.416 e. The number of benzene rings is 1. The molecule has 2 aromatic rings. The van der Waals surface area contributed by atoms with Gasteiger partial charge in [-0.15, -0.1) is 0 Å². The molecule has 0 unspecified atom stereocenters. The van der Waals surface area contributed by atoms with Crippen LogP contribution in [0.25, 0.3) is 0 Å². The normalized spacial score (nSPS) is 11.9. The van der Waals surface area contributed by atoms with Gasteiger partial charge in [-0.2, -0.15) is 18.3 Å². The van der Waals surface area contributed by atoms with Crippen LogP contribution in [0.15, 0.2) is 52.5 Å². The second-order valence-electron chi connectivity index (χ2n) is 5.55. The van der Waals surface area contributed by atoms with Gasteiger partial charge in [-0.1, -0.05) is 12.1 Å². The van der Waals surface area contributed by atoms with Gasteiger partial charge >= 0.3 is 6.18 Å². The number of nitrogens with zero attached hydrogens (tertiary/aromatic N) is 2. The highest BCUT2D eigenvalue weighted by molar-refractivity contribution is 5.94. The molecule has 0 aliphatic carbocycles. The quantitative estimate of drug-likeness (QED) is 0.679. The van der Waals surface area contributed by atoms with Gasteiger partial charge in [-0.3, -0.25) is 9.59 Å². The second kappa shape index (κ2) is 7.33. The average molecular weight is 351 g/mol. The first-order valence-electron chi connectivity index (χ1n) is 7.42. The summed E-state index contributed by atoms with van der Waals surface area (Å²) in [4.78, 5) is 24.2. The zero-order valence-corrected chi connectivity index (χ0v) is 13.5. The smallest absolute Gasteiger partial charge is 0.312 e. The number of aromatic nitrogens is 1. The maximum absolute atomic E-state index is 12.5. The Kier molecular flexibility index (Phi) is 5.41. The van der Waals surface area contributed by atoms with Crippen molar-refractivity contribution in [3.05, 3.63) is 69.6 Å². The number of amides is 1. The SMILES string of the molecule is CC(C)n1cccc(C(=O)N/N=C\c2ccc(C(F)(F)F)cc2)c1=O. The summed E-state index contributed by atoms with van der Waals surface area (Å²) in [7, 11) is 0. The Morgan fingerprint density at radius 2 is 1.84 bits per heavy atom. The van der Waals surface area contributed by atoms with Gasteiger partial charge in [0.25, 0.3) is 11.5 Å². The number of rotatable bonds is 4. The lowest BCUT2D eigenvalue weighted by Gasteiger charge is -2.10. The predicted octanol–water partition coefficient (Wildman–Crippen LogP) is 3.21. The number of nitrogens with one attached hydrogen (secondary N) is 1. The molecule has 1 aromatic heterocycles. The van der Waals surface area contributed by atoms with E-state index in [0.29, 0.717) is 5.56 Å². The van der Waals surface area contributed by atoms with E-state index in [1.807, 2.05) is 13.8 Å². The van der Waals surface area contributed by atoms with Crippen LogP contribution in [-0.4, -0.2) is 16.7 Å². The topological polar surface area (TPSA) is 63.5 Å². The second-order valence-corrected chi connectivity index (χ2v) is 5.55. The highest BCUT2D eigenvalue weighted by Gasteiger charge is 2.29. The van der Waals surface area contributed by atoms with Crippen LogP contribution < -0.4 is 11.0 Å². The molecular weight excluding hydrogens is 335 g/mol. The number of pyridine rings is 1. The van der Waals surface area contributed by atoms with E-state index in [4.69, 9.17) is 0 Å². The molecule has 0 radical (unpaired) electrons. The van der Waals surface area contributed by atoms with Crippen molar-refractivity contribution in [2.45, 2.75) is 26.1 Å². The maximum Gasteiger partial charge on any atom is 0.416 e. The molecule has 132 valence electrons. The molecule has 0 saturated carbocycles. The van der Waals surface area contributed by atoms with Crippen molar-refractivity contribution in [1.29, 1.82) is 0 Å². The number of hydrogen-bond acceptors (Lipinski definition) is 3. The van der Waals surface area contributed by atoms with Crippen molar-refractivity contribution in [3.63, 3.8) is 0 Å². The number of alkyl halides is 3. The summed E-state index contributed by atoms with van der Waals surface area (Å²) in [5.41, 5.74) is 1.29. The minimum Gasteiger partial charge on any atom is -0.312 e. The molecule has 1 aromatic carbocycles. The Bertz CT molecular complexity index is 837. The third-order valence-corrected chi connectivity index (χ3v) is 3.39. The van der Waals surface area contributed by atoms with E-state index in [9.17, 15) is 22.8 Å². The third-order valence-electron chi connectivity index (χ3n) is 3.39. The van der Waals surface area contributed by atoms with E-state index in [1.165, 1.54) is 29.0 Å². The molecule has 0 spiro atoms. The summed E-state index contributed by atoms with van der Waals surface area (Å²) in [5.74, 6) is -0.692. The summed E-state index contributed by atoms with van der Waals surface area (Å²) < 4.78 is 38.8. The molecule has 1 N–H and O–H groups in total. The fourth-order valence-electron chi connectivity index (χ4n) is 2.07. The van der Waals surface area contributed by atoms with Crippen LogP contribution in [0.3, 0.4) is 0 Å². The monoisotopic (exact) mass is 351 g/mol. The highest BCUT2D eigenvalue weighted by atomic mass is 19.4. The molecule has 8 heteroatoms. The predicted molar refractivity (Wildman–Crippen MR) is 87.6 cm³/mol. The van der Waals surface area contributed by atoms with Gasteiger partial charge in [0.05, 0.1) is 11.8 Å². The van der Waals surface area contributed by atoms with E-state index in [0.717, 1.165) is 12.1 Å². The van der Waals surface area contributed by atoms with E-state index in [1.54, 1.807) is 12.3 Å². The van der Waals surface area contributed by atoms with Crippen LogP contribution in [0.1, 0.15) is 41.4 Å². The molecule has 5 nitrogen and oxygen atoms in total. The Morgan fingerprint density at radius 3 is 2.40 bits per heavy atom. The van der Waals surface area contributed by atoms with Gasteiger partial charge < -0.3 is 4.57 Å². The Hall–Kier alpha value is -2.90. The molecule has 0 aliphatic heterocycles. The number of carbonyl (C=O) groups is 1. The molecule has 1 heterocycles. The summed E-state index contributed by atoms with van der Waals surface area (Å²) >= 11 is 0. The van der Waals surface area contributed by atoms with E-state index < -0.39 is 23.2 Å². The van der Waals surface area contributed by atoms with Gasteiger partial charge in [0.1, 0.15) is 5.56 Å². The number of hydrogen-bond donors (Lipinski definition) is 1. The Balaban J connectivity index is 2.09. The van der Waals surface area contributed by atoms with Gasteiger partial charge in [0, 0.05) is 12.2 Å². The van der Waals surface area contributed by atoms with Crippen LogP contribution in [0.5, 0.6) is 0 Å². The van der Waals surface area contributed by atoms with Crippen molar-refractivity contribution in [3.8, 4) is 0 Å². The minimum absolute atomic E-state index is 0.0687. The van der Waals surface area contributed by atoms with Crippen molar-refractivity contribution < 1.29 is 18.0 Å². The molecule has 0 atom stereocenters. The van der Waals surface area contributed by atoms with Crippen molar-refractivity contribution in [2.75, 3.05) is 0 Å². The lowest BCUT2D eigenvalue weighted by atomic mass is 10.1. The standard InChI is InChI=1S/C17H16F3N3O2/c1-11(2)23-9-3-4-14(16(23)25)15(24)22-21-10-12-5-7-13(8-6-12)17(18,19)20/h3-11H,1-2H3,(H,22,24)/b21-10-. The van der Waals surface area contributed by atoms with Gasteiger partial charge in [-0.25, -0.2) is 5.43 Å². The fraction of sp³-hybridized carbons (Fsp3) is 0.235. The maximum atomic E-state index is 12.5. The zero-order chi connectivity index (χ0) is 18.6. The first-order chi connectivity index (χ1) is 11.7. The summed E-state index contributed by atoms with van der Waals surface area (Å²) in [6, 6.07) is 7.15. The van der Waals surface area contributed by atoms with Crippen LogP contribution >= 0.6 is 0 Å². The van der Waals surface area contributed by atoms with Crippen LogP contribution in [0.4, 0.5) is 13.2 Å². The Morgan fingerprint density at radius 1 is 1.20 bits per heavy atom. The van der Waals surface area contributed by atoms with Crippen LogP contribution in [0, 0.1) is 0 Å². The van der Waals surface area contributed by atoms with Crippen molar-refractivity contribution in [1.82, 2.24) is 9.99 Å². The van der Waals surface area contributed by atoms with E-state index >= 15 is 0 Å². The van der Waals surface area contributed by atoms with Crippen molar-refractivity contribution in [2.24, 2.45) is 5.10 Å². The van der Waals surface area contributed by atoms with E-state index in [-0.39, 0.29) is 11.6 Å². The Labute approximate surface area is 141 Å². The van der Waals surface area contributed by atoms with Gasteiger partial charge in [-0.05, 0) is 43.7 Å². The molecule has 25 heavy (non-hydrogen) atoms. The minimum atomic E-state index is -4.41. The number of halogens is 3. The lowest BCUT2D eigenvalue weighted by molar-refractivity contribution is -0.137. The molecule has 0 fully saturated rings. The van der Waals surface area contributed by atoms with Gasteiger partial charge in [0.2, 0.25) is 0 Å². The summed E-state index contributed by atoms with van der Waals surface area (Å²) in [5, 5.41) is 3.67. The first kappa shape index (κ1) is 18.4. The zero-order valence-electron chi connectivity index (χ0n) is 13.5. The lowest BCUT2D eigenvalue weighted by Crippen LogP contribution is -2.31. The van der Waals surface area contributed by atoms with Crippen LogP contribution in [0.2, 0.25) is 0 Å². The molecule has 0 bridgehead atoms. The van der Waals surface area contributed by atoms with Crippen LogP contribution in [-0.2, 0) is 6.18 Å². The first-order valence-corrected chi connectivity index (χ1v) is 7.42. The number of hydrazone groups is 1. The molecular formula is C17H16F3N3O2.